The minimum Gasteiger partial charge on any atom is -0.0651 e. The second-order valence-electron chi connectivity index (χ2n) is 20.7. The van der Waals surface area contributed by atoms with Gasteiger partial charge in [-0.05, 0) is 168 Å². The fraction of sp³-hybridized carbons (Fsp3) is 0.183. The number of aryl methyl sites for hydroxylation is 4. The highest BCUT2D eigenvalue weighted by Gasteiger charge is 2.35. The first-order valence-electron chi connectivity index (χ1n) is 26.0. The Balaban J connectivity index is 0.000000119. The maximum atomic E-state index is 2.38. The first-order valence-corrected chi connectivity index (χ1v) is 26.0. The second-order valence-corrected chi connectivity index (χ2v) is 20.7. The SMILES string of the molecule is CCCc1ccc2c3c(cccc13)-c1ccccc1-2.Cc1ccc(-c2ccc(-c3cccc(-c4ccccc4C)c3C3CCC3)cc2)cc1.Cc1ccc2c(c1)C(C)(C)c1cc(-c3ccccc3)ccc1-2. The lowest BCUT2D eigenvalue weighted by atomic mass is 9.74. The molecule has 13 rings (SSSR count). The van der Waals surface area contributed by atoms with Gasteiger partial charge in [0.15, 0.2) is 0 Å². The molecule has 10 aromatic carbocycles. The third-order valence-corrected chi connectivity index (χ3v) is 15.7. The molecule has 0 aliphatic heterocycles. The molecule has 3 aliphatic rings. The van der Waals surface area contributed by atoms with Crippen LogP contribution in [-0.4, -0.2) is 0 Å². The lowest BCUT2D eigenvalue weighted by molar-refractivity contribution is 0.421. The molecule has 0 radical (unpaired) electrons. The number of hydrogen-bond donors (Lipinski definition) is 0. The average Bonchev–Trinajstić information content (AvgIpc) is 3.83. The van der Waals surface area contributed by atoms with Crippen LogP contribution in [0.2, 0.25) is 0 Å². The van der Waals surface area contributed by atoms with Gasteiger partial charge in [0, 0.05) is 5.41 Å². The van der Waals surface area contributed by atoms with Crippen LogP contribution in [0.25, 0.3) is 88.7 Å². The zero-order valence-electron chi connectivity index (χ0n) is 42.3. The predicted molar refractivity (Wildman–Crippen MR) is 305 cm³/mol. The van der Waals surface area contributed by atoms with Gasteiger partial charge < -0.3 is 0 Å². The fourth-order valence-corrected chi connectivity index (χ4v) is 11.7. The lowest BCUT2D eigenvalue weighted by Gasteiger charge is -2.31. The molecule has 0 N–H and O–H groups in total. The molecule has 348 valence electrons. The molecule has 0 heterocycles. The maximum Gasteiger partial charge on any atom is 0.0159 e. The quantitative estimate of drug-likeness (QED) is 0.149. The number of hydrogen-bond acceptors (Lipinski definition) is 0. The van der Waals surface area contributed by atoms with Crippen molar-refractivity contribution in [3.8, 4) is 77.9 Å². The van der Waals surface area contributed by atoms with E-state index in [4.69, 9.17) is 0 Å². The Hall–Kier alpha value is -7.54. The summed E-state index contributed by atoms with van der Waals surface area (Å²) in [5.41, 5.74) is 29.0. The van der Waals surface area contributed by atoms with Crippen LogP contribution in [0, 0.1) is 20.8 Å². The molecule has 0 spiro atoms. The minimum absolute atomic E-state index is 0.0709. The Labute approximate surface area is 422 Å². The third kappa shape index (κ3) is 8.65. The highest BCUT2D eigenvalue weighted by molar-refractivity contribution is 6.16. The standard InChI is InChI=1S/C30H28.C22H20.C19H16/c1-21-13-15-23(16-14-21)24-17-19-25(20-18-24)28-11-6-12-29(30(28)26-8-5-9-26)27-10-4-3-7-22(27)2;1-15-9-11-18-19-12-10-17(16-7-5-4-6-8-16)14-21(19)22(2,3)20(18)13-15;1-2-6-13-11-12-18-16-8-4-3-7-15(16)17-10-5-9-14(13)19(17)18/h3-4,6-7,10-20,26H,5,8-9H2,1-2H3;4-14H,1-3H3;3-5,7-12H,2,6H2,1H3. The van der Waals surface area contributed by atoms with Crippen molar-refractivity contribution >= 4 is 10.8 Å². The summed E-state index contributed by atoms with van der Waals surface area (Å²) >= 11 is 0. The molecule has 0 atom stereocenters. The van der Waals surface area contributed by atoms with E-state index >= 15 is 0 Å². The van der Waals surface area contributed by atoms with Crippen molar-refractivity contribution in [2.24, 2.45) is 0 Å². The predicted octanol–water partition coefficient (Wildman–Crippen LogP) is 20.0. The van der Waals surface area contributed by atoms with Gasteiger partial charge in [0.25, 0.3) is 0 Å². The lowest BCUT2D eigenvalue weighted by Crippen LogP contribution is -2.15. The molecule has 0 heteroatoms. The van der Waals surface area contributed by atoms with Crippen LogP contribution in [0.3, 0.4) is 0 Å². The van der Waals surface area contributed by atoms with E-state index in [0.29, 0.717) is 5.92 Å². The molecule has 3 aliphatic carbocycles. The summed E-state index contributed by atoms with van der Waals surface area (Å²) in [5, 5.41) is 2.89. The van der Waals surface area contributed by atoms with Gasteiger partial charge in [0.05, 0.1) is 0 Å². The van der Waals surface area contributed by atoms with E-state index in [1.54, 1.807) is 5.56 Å². The Morgan fingerprint density at radius 1 is 0.394 bits per heavy atom. The topological polar surface area (TPSA) is 0 Å². The van der Waals surface area contributed by atoms with Crippen molar-refractivity contribution in [2.45, 2.75) is 85.0 Å². The van der Waals surface area contributed by atoms with Crippen molar-refractivity contribution in [1.29, 1.82) is 0 Å². The summed E-state index contributed by atoms with van der Waals surface area (Å²) in [5.74, 6) is 0.674. The molecule has 71 heavy (non-hydrogen) atoms. The summed E-state index contributed by atoms with van der Waals surface area (Å²) in [6.45, 7) is 13.5. The molecule has 0 nitrogen and oxygen atoms in total. The van der Waals surface area contributed by atoms with E-state index < -0.39 is 0 Å². The summed E-state index contributed by atoms with van der Waals surface area (Å²) in [6.07, 6.45) is 6.31. The van der Waals surface area contributed by atoms with E-state index in [0.717, 1.165) is 6.42 Å². The molecular formula is C71H64. The van der Waals surface area contributed by atoms with E-state index in [1.807, 2.05) is 0 Å². The van der Waals surface area contributed by atoms with Gasteiger partial charge in [0.1, 0.15) is 0 Å². The van der Waals surface area contributed by atoms with Gasteiger partial charge in [-0.3, -0.25) is 0 Å². The average molecular weight is 917 g/mol. The van der Waals surface area contributed by atoms with Crippen molar-refractivity contribution in [1.82, 2.24) is 0 Å². The van der Waals surface area contributed by atoms with Gasteiger partial charge >= 0.3 is 0 Å². The monoisotopic (exact) mass is 917 g/mol. The summed E-state index contributed by atoms with van der Waals surface area (Å²) in [7, 11) is 0. The van der Waals surface area contributed by atoms with E-state index in [2.05, 4.69) is 254 Å². The Kier molecular flexibility index (Phi) is 12.5. The van der Waals surface area contributed by atoms with Crippen LogP contribution >= 0.6 is 0 Å². The number of fused-ring (bicyclic) bond motifs is 6. The molecule has 0 bridgehead atoms. The molecule has 1 fully saturated rings. The highest BCUT2D eigenvalue weighted by atomic mass is 14.4. The van der Waals surface area contributed by atoms with Gasteiger partial charge in [-0.1, -0.05) is 251 Å². The molecule has 0 saturated heterocycles. The molecule has 0 unspecified atom stereocenters. The Morgan fingerprint density at radius 2 is 0.901 bits per heavy atom. The smallest absolute Gasteiger partial charge is 0.0159 e. The second kappa shape index (κ2) is 19.3. The van der Waals surface area contributed by atoms with Crippen LogP contribution in [0.1, 0.15) is 91.3 Å². The molecular weight excluding hydrogens is 853 g/mol. The Morgan fingerprint density at radius 3 is 1.58 bits per heavy atom. The Bertz CT molecular complexity index is 3510. The fourth-order valence-electron chi connectivity index (χ4n) is 11.7. The van der Waals surface area contributed by atoms with Crippen LogP contribution in [0.5, 0.6) is 0 Å². The van der Waals surface area contributed by atoms with E-state index in [-0.39, 0.29) is 5.41 Å². The van der Waals surface area contributed by atoms with E-state index in [9.17, 15) is 0 Å². The van der Waals surface area contributed by atoms with Gasteiger partial charge in [-0.2, -0.15) is 0 Å². The normalized spacial score (nSPS) is 13.5. The van der Waals surface area contributed by atoms with Crippen LogP contribution < -0.4 is 0 Å². The van der Waals surface area contributed by atoms with E-state index in [1.165, 1.54) is 148 Å². The first kappa shape index (κ1) is 45.9. The van der Waals surface area contributed by atoms with Crippen LogP contribution in [0.15, 0.2) is 212 Å². The largest absolute Gasteiger partial charge is 0.0651 e. The van der Waals surface area contributed by atoms with Gasteiger partial charge in [0.2, 0.25) is 0 Å². The zero-order chi connectivity index (χ0) is 48.6. The van der Waals surface area contributed by atoms with Crippen molar-refractivity contribution in [2.75, 3.05) is 0 Å². The molecule has 0 amide bonds. The first-order chi connectivity index (χ1) is 34.7. The van der Waals surface area contributed by atoms with Crippen LogP contribution in [0.4, 0.5) is 0 Å². The highest BCUT2D eigenvalue weighted by Crippen LogP contribution is 2.51. The number of benzene rings is 10. The van der Waals surface area contributed by atoms with Crippen molar-refractivity contribution < 1.29 is 0 Å². The van der Waals surface area contributed by atoms with Crippen LogP contribution in [-0.2, 0) is 11.8 Å². The third-order valence-electron chi connectivity index (χ3n) is 15.7. The number of rotatable bonds is 7. The molecule has 0 aromatic heterocycles. The van der Waals surface area contributed by atoms with Crippen molar-refractivity contribution in [3.63, 3.8) is 0 Å². The summed E-state index contributed by atoms with van der Waals surface area (Å²) < 4.78 is 0. The zero-order valence-corrected chi connectivity index (χ0v) is 42.3. The van der Waals surface area contributed by atoms with Gasteiger partial charge in [-0.25, -0.2) is 0 Å². The molecule has 1 saturated carbocycles. The van der Waals surface area contributed by atoms with Gasteiger partial charge in [-0.15, -0.1) is 0 Å². The summed E-state index contributed by atoms with van der Waals surface area (Å²) in [6, 6.07) is 78.1. The van der Waals surface area contributed by atoms with Crippen molar-refractivity contribution in [3.05, 3.63) is 251 Å². The minimum atomic E-state index is 0.0709. The molecule has 10 aromatic rings. The summed E-state index contributed by atoms with van der Waals surface area (Å²) in [4.78, 5) is 0. The maximum absolute atomic E-state index is 2.38.